The first-order valence-electron chi connectivity index (χ1n) is 6.21. The molecule has 1 atom stereocenters. The van der Waals surface area contributed by atoms with Crippen molar-refractivity contribution < 1.29 is 9.53 Å². The van der Waals surface area contributed by atoms with E-state index in [2.05, 4.69) is 19.9 Å². The van der Waals surface area contributed by atoms with Crippen molar-refractivity contribution in [2.45, 2.75) is 33.6 Å². The molecule has 0 saturated heterocycles. The Kier molecular flexibility index (Phi) is 3.34. The number of hydrogen-bond donors (Lipinski definition) is 0. The molecule has 2 nitrogen and oxygen atoms in total. The van der Waals surface area contributed by atoms with Gasteiger partial charge in [-0.3, -0.25) is 4.79 Å². The third-order valence-electron chi connectivity index (χ3n) is 3.79. The smallest absolute Gasteiger partial charge is 0.166 e. The average molecular weight is 232 g/mol. The molecule has 0 spiro atoms. The van der Waals surface area contributed by atoms with Gasteiger partial charge in [-0.05, 0) is 48.9 Å². The molecule has 2 heteroatoms. The molecule has 0 fully saturated rings. The van der Waals surface area contributed by atoms with Gasteiger partial charge in [-0.1, -0.05) is 13.0 Å². The van der Waals surface area contributed by atoms with E-state index < -0.39 is 0 Å². The molecule has 0 aromatic heterocycles. The van der Waals surface area contributed by atoms with Crippen molar-refractivity contribution in [2.24, 2.45) is 5.92 Å². The summed E-state index contributed by atoms with van der Waals surface area (Å²) in [5, 5.41) is 0. The summed E-state index contributed by atoms with van der Waals surface area (Å²) >= 11 is 0. The summed E-state index contributed by atoms with van der Waals surface area (Å²) in [5.74, 6) is 0.469. The van der Waals surface area contributed by atoms with Crippen molar-refractivity contribution in [3.8, 4) is 0 Å². The van der Waals surface area contributed by atoms with Gasteiger partial charge in [0, 0.05) is 18.6 Å². The minimum Gasteiger partial charge on any atom is -0.384 e. The number of rotatable bonds is 3. The highest BCUT2D eigenvalue weighted by molar-refractivity contribution is 6.03. The SMILES string of the molecule is COCCc1c(C)cc2c(c1C)C(=O)C(C)C2. The van der Waals surface area contributed by atoms with Crippen molar-refractivity contribution in [3.63, 3.8) is 0 Å². The molecule has 0 amide bonds. The molecular weight excluding hydrogens is 212 g/mol. The molecule has 1 unspecified atom stereocenters. The lowest BCUT2D eigenvalue weighted by molar-refractivity contribution is 0.0945. The first kappa shape index (κ1) is 12.3. The molecule has 0 heterocycles. The fourth-order valence-corrected chi connectivity index (χ4v) is 2.87. The van der Waals surface area contributed by atoms with Gasteiger partial charge < -0.3 is 4.74 Å². The van der Waals surface area contributed by atoms with E-state index in [0.29, 0.717) is 12.4 Å². The number of aryl methyl sites for hydroxylation is 1. The second-order valence-electron chi connectivity index (χ2n) is 5.04. The van der Waals surface area contributed by atoms with Gasteiger partial charge >= 0.3 is 0 Å². The fourth-order valence-electron chi connectivity index (χ4n) is 2.87. The molecule has 2 rings (SSSR count). The Morgan fingerprint density at radius 1 is 1.41 bits per heavy atom. The summed E-state index contributed by atoms with van der Waals surface area (Å²) in [6, 6.07) is 2.19. The van der Waals surface area contributed by atoms with Crippen molar-refractivity contribution in [2.75, 3.05) is 13.7 Å². The molecular formula is C15H20O2. The topological polar surface area (TPSA) is 26.3 Å². The molecule has 17 heavy (non-hydrogen) atoms. The molecule has 0 bridgehead atoms. The second-order valence-corrected chi connectivity index (χ2v) is 5.04. The van der Waals surface area contributed by atoms with Crippen LogP contribution in [0.3, 0.4) is 0 Å². The third-order valence-corrected chi connectivity index (χ3v) is 3.79. The van der Waals surface area contributed by atoms with Crippen molar-refractivity contribution in [1.29, 1.82) is 0 Å². The van der Waals surface area contributed by atoms with Crippen LogP contribution in [0.1, 0.15) is 39.5 Å². The highest BCUT2D eigenvalue weighted by atomic mass is 16.5. The quantitative estimate of drug-likeness (QED) is 0.801. The Morgan fingerprint density at radius 2 is 2.12 bits per heavy atom. The number of ether oxygens (including phenoxy) is 1. The number of hydrogen-bond acceptors (Lipinski definition) is 2. The molecule has 1 aliphatic carbocycles. The van der Waals surface area contributed by atoms with Gasteiger partial charge in [0.2, 0.25) is 0 Å². The Hall–Kier alpha value is -1.15. The summed E-state index contributed by atoms with van der Waals surface area (Å²) in [7, 11) is 1.71. The van der Waals surface area contributed by atoms with E-state index in [-0.39, 0.29) is 5.92 Å². The third kappa shape index (κ3) is 2.02. The van der Waals surface area contributed by atoms with Crippen molar-refractivity contribution >= 4 is 5.78 Å². The average Bonchev–Trinajstić information content (AvgIpc) is 2.54. The lowest BCUT2D eigenvalue weighted by Crippen LogP contribution is -2.08. The number of ketones is 1. The van der Waals surface area contributed by atoms with Gasteiger partial charge in [0.05, 0.1) is 6.61 Å². The summed E-state index contributed by atoms with van der Waals surface area (Å²) in [5.41, 5.74) is 5.97. The van der Waals surface area contributed by atoms with Crippen molar-refractivity contribution in [1.82, 2.24) is 0 Å². The molecule has 0 saturated carbocycles. The molecule has 1 aromatic carbocycles. The zero-order valence-corrected chi connectivity index (χ0v) is 11.1. The normalized spacial score (nSPS) is 18.6. The van der Waals surface area contributed by atoms with Crippen LogP contribution in [0, 0.1) is 19.8 Å². The summed E-state index contributed by atoms with van der Waals surface area (Å²) in [6.45, 7) is 6.94. The van der Waals surface area contributed by atoms with E-state index in [1.807, 2.05) is 6.92 Å². The Bertz CT molecular complexity index is 460. The van der Waals surface area contributed by atoms with Gasteiger partial charge in [-0.2, -0.15) is 0 Å². The van der Waals surface area contributed by atoms with Crippen LogP contribution in [-0.4, -0.2) is 19.5 Å². The number of carbonyl (C=O) groups excluding carboxylic acids is 1. The van der Waals surface area contributed by atoms with Crippen LogP contribution in [0.4, 0.5) is 0 Å². The van der Waals surface area contributed by atoms with Crippen LogP contribution >= 0.6 is 0 Å². The van der Waals surface area contributed by atoms with Crippen LogP contribution in [-0.2, 0) is 17.6 Å². The number of methoxy groups -OCH3 is 1. The van der Waals surface area contributed by atoms with E-state index in [9.17, 15) is 4.79 Å². The minimum atomic E-state index is 0.153. The largest absolute Gasteiger partial charge is 0.384 e. The molecule has 1 aliphatic rings. The van der Waals surface area contributed by atoms with Crippen LogP contribution in [0.2, 0.25) is 0 Å². The first-order valence-corrected chi connectivity index (χ1v) is 6.21. The van der Waals surface area contributed by atoms with E-state index in [1.54, 1.807) is 7.11 Å². The number of benzene rings is 1. The van der Waals surface area contributed by atoms with Crippen LogP contribution in [0.25, 0.3) is 0 Å². The zero-order valence-electron chi connectivity index (χ0n) is 11.1. The number of Topliss-reactive ketones (excluding diaryl/α,β-unsaturated/α-hetero) is 1. The van der Waals surface area contributed by atoms with Crippen molar-refractivity contribution in [3.05, 3.63) is 33.9 Å². The Labute approximate surface area is 103 Å². The highest BCUT2D eigenvalue weighted by Crippen LogP contribution is 2.32. The predicted molar refractivity (Wildman–Crippen MR) is 68.7 cm³/mol. The maximum atomic E-state index is 12.1. The predicted octanol–water partition coefficient (Wildman–Crippen LogP) is 2.87. The highest BCUT2D eigenvalue weighted by Gasteiger charge is 2.29. The first-order chi connectivity index (χ1) is 8.06. The Balaban J connectivity index is 2.48. The molecule has 0 N–H and O–H groups in total. The summed E-state index contributed by atoms with van der Waals surface area (Å²) in [6.07, 6.45) is 1.80. The maximum Gasteiger partial charge on any atom is 0.166 e. The van der Waals surface area contributed by atoms with Gasteiger partial charge in [0.25, 0.3) is 0 Å². The molecule has 0 aliphatic heterocycles. The zero-order chi connectivity index (χ0) is 12.6. The molecule has 92 valence electrons. The standard InChI is InChI=1S/C15H20O2/c1-9-7-12-8-10(2)15(16)14(12)11(3)13(9)5-6-17-4/h7,10H,5-6,8H2,1-4H3. The number of fused-ring (bicyclic) bond motifs is 1. The van der Waals surface area contributed by atoms with E-state index in [1.165, 1.54) is 22.3 Å². The van der Waals surface area contributed by atoms with E-state index in [0.717, 1.165) is 18.4 Å². The monoisotopic (exact) mass is 232 g/mol. The van der Waals surface area contributed by atoms with Gasteiger partial charge in [0.1, 0.15) is 0 Å². The maximum absolute atomic E-state index is 12.1. The Morgan fingerprint density at radius 3 is 2.76 bits per heavy atom. The van der Waals surface area contributed by atoms with Gasteiger partial charge in [0.15, 0.2) is 5.78 Å². The lowest BCUT2D eigenvalue weighted by Gasteiger charge is -2.13. The minimum absolute atomic E-state index is 0.153. The van der Waals surface area contributed by atoms with Crippen LogP contribution in [0.5, 0.6) is 0 Å². The lowest BCUT2D eigenvalue weighted by atomic mass is 9.92. The van der Waals surface area contributed by atoms with Gasteiger partial charge in [-0.25, -0.2) is 0 Å². The van der Waals surface area contributed by atoms with Crippen LogP contribution in [0.15, 0.2) is 6.07 Å². The van der Waals surface area contributed by atoms with E-state index >= 15 is 0 Å². The molecule has 1 aromatic rings. The van der Waals surface area contributed by atoms with Gasteiger partial charge in [-0.15, -0.1) is 0 Å². The molecule has 0 radical (unpaired) electrons. The second kappa shape index (κ2) is 4.61. The summed E-state index contributed by atoms with van der Waals surface area (Å²) in [4.78, 5) is 12.1. The van der Waals surface area contributed by atoms with E-state index in [4.69, 9.17) is 4.74 Å². The summed E-state index contributed by atoms with van der Waals surface area (Å²) < 4.78 is 5.14. The van der Waals surface area contributed by atoms with Crippen LogP contribution < -0.4 is 0 Å². The number of carbonyl (C=O) groups is 1. The fraction of sp³-hybridized carbons (Fsp3) is 0.533.